The quantitative estimate of drug-likeness (QED) is 0.414. The lowest BCUT2D eigenvalue weighted by Gasteiger charge is -2.27. The van der Waals surface area contributed by atoms with Crippen LogP contribution in [0.15, 0.2) is 58.8 Å². The Hall–Kier alpha value is -3.31. The summed E-state index contributed by atoms with van der Waals surface area (Å²) in [4.78, 5) is 27.6. The van der Waals surface area contributed by atoms with E-state index < -0.39 is 17.7 Å². The first-order valence-electron chi connectivity index (χ1n) is 11.8. The largest absolute Gasteiger partial charge is 0.405 e. The number of esters is 1. The molecule has 1 amide bonds. The summed E-state index contributed by atoms with van der Waals surface area (Å²) in [6.45, 7) is 5.53. The van der Waals surface area contributed by atoms with Crippen molar-refractivity contribution in [3.05, 3.63) is 75.7 Å². The average molecular weight is 531 g/mol. The minimum atomic E-state index is -0.649. The normalized spacial score (nSPS) is 17.6. The molecule has 0 radical (unpaired) electrons. The molecule has 0 spiro atoms. The highest BCUT2D eigenvalue weighted by Crippen LogP contribution is 2.32. The van der Waals surface area contributed by atoms with Crippen molar-refractivity contribution in [2.75, 3.05) is 45.0 Å². The number of halogens is 2. The number of amides is 1. The van der Waals surface area contributed by atoms with Crippen molar-refractivity contribution in [3.63, 3.8) is 0 Å². The number of hydrogen-bond donors (Lipinski definition) is 1. The van der Waals surface area contributed by atoms with Gasteiger partial charge in [0.2, 0.25) is 0 Å². The van der Waals surface area contributed by atoms with Crippen LogP contribution in [0.4, 0.5) is 10.1 Å². The van der Waals surface area contributed by atoms with Gasteiger partial charge in [-0.2, -0.15) is 5.01 Å². The maximum Gasteiger partial charge on any atom is 0.309 e. The molecule has 0 unspecified atom stereocenters. The molecule has 2 aromatic rings. The van der Waals surface area contributed by atoms with E-state index in [2.05, 4.69) is 21.4 Å². The Labute approximate surface area is 219 Å². The van der Waals surface area contributed by atoms with Crippen LogP contribution in [0.3, 0.4) is 0 Å². The minimum absolute atomic E-state index is 0.0150. The Bertz CT molecular complexity index is 1230. The zero-order valence-corrected chi connectivity index (χ0v) is 21.4. The van der Waals surface area contributed by atoms with E-state index in [9.17, 15) is 14.0 Å². The molecule has 37 heavy (non-hydrogen) atoms. The van der Waals surface area contributed by atoms with Gasteiger partial charge in [0.25, 0.3) is 11.8 Å². The smallest absolute Gasteiger partial charge is 0.309 e. The van der Waals surface area contributed by atoms with Crippen LogP contribution < -0.4 is 10.3 Å². The van der Waals surface area contributed by atoms with Crippen molar-refractivity contribution < 1.29 is 28.2 Å². The van der Waals surface area contributed by atoms with Crippen LogP contribution in [0.25, 0.3) is 0 Å². The number of carbonyl (C=O) groups is 2. The topological polar surface area (TPSA) is 92.7 Å². The second-order valence-corrected chi connectivity index (χ2v) is 8.92. The van der Waals surface area contributed by atoms with Gasteiger partial charge in [-0.3, -0.25) is 14.5 Å². The lowest BCUT2D eigenvalue weighted by atomic mass is 10.1. The van der Waals surface area contributed by atoms with Gasteiger partial charge in [0.15, 0.2) is 0 Å². The van der Waals surface area contributed by atoms with Crippen molar-refractivity contribution >= 4 is 35.1 Å². The first-order chi connectivity index (χ1) is 17.9. The van der Waals surface area contributed by atoms with Gasteiger partial charge in [0.1, 0.15) is 11.4 Å². The summed E-state index contributed by atoms with van der Waals surface area (Å²) in [5.41, 5.74) is 2.75. The number of rotatable bonds is 8. The molecule has 0 aromatic heterocycles. The van der Waals surface area contributed by atoms with Gasteiger partial charge in [-0.15, -0.1) is 5.10 Å². The summed E-state index contributed by atoms with van der Waals surface area (Å²) in [6.07, 6.45) is 0. The van der Waals surface area contributed by atoms with Crippen molar-refractivity contribution in [1.29, 1.82) is 0 Å². The molecule has 4 rings (SSSR count). The maximum atomic E-state index is 13.6. The molecule has 196 valence electrons. The van der Waals surface area contributed by atoms with Gasteiger partial charge in [-0.25, -0.2) is 4.39 Å². The Morgan fingerprint density at radius 1 is 1.19 bits per heavy atom. The highest BCUT2D eigenvalue weighted by molar-refractivity contribution is 6.36. The van der Waals surface area contributed by atoms with Crippen LogP contribution >= 0.6 is 11.6 Å². The van der Waals surface area contributed by atoms with Crippen LogP contribution in [-0.4, -0.2) is 62.7 Å². The van der Waals surface area contributed by atoms with Crippen LogP contribution in [-0.2, 0) is 36.9 Å². The Morgan fingerprint density at radius 3 is 2.59 bits per heavy atom. The number of nitrogens with one attached hydrogen (secondary N) is 1. The van der Waals surface area contributed by atoms with E-state index in [1.54, 1.807) is 0 Å². The van der Waals surface area contributed by atoms with E-state index in [0.717, 1.165) is 47.9 Å². The molecule has 1 saturated heterocycles. The van der Waals surface area contributed by atoms with E-state index in [1.165, 1.54) is 20.1 Å². The Balaban J connectivity index is 1.63. The highest BCUT2D eigenvalue weighted by Gasteiger charge is 2.37. The summed E-state index contributed by atoms with van der Waals surface area (Å²) in [5.74, 6) is -1.99. The van der Waals surface area contributed by atoms with E-state index >= 15 is 0 Å². The first kappa shape index (κ1) is 26.7. The van der Waals surface area contributed by atoms with Gasteiger partial charge in [0, 0.05) is 40.2 Å². The summed E-state index contributed by atoms with van der Waals surface area (Å²) in [7, 11) is 1.49. The number of morpholine rings is 1. The zero-order chi connectivity index (χ0) is 26.4. The summed E-state index contributed by atoms with van der Waals surface area (Å²) >= 11 is 6.18. The third-order valence-corrected chi connectivity index (χ3v) is 6.19. The van der Waals surface area contributed by atoms with E-state index in [4.69, 9.17) is 25.8 Å². The predicted molar refractivity (Wildman–Crippen MR) is 136 cm³/mol. The molecule has 9 nitrogen and oxygen atoms in total. The fourth-order valence-corrected chi connectivity index (χ4v) is 4.36. The first-order valence-corrected chi connectivity index (χ1v) is 12.1. The van der Waals surface area contributed by atoms with Crippen LogP contribution in [0.5, 0.6) is 0 Å². The molecule has 0 bridgehead atoms. The molecule has 1 fully saturated rings. The Kier molecular flexibility index (Phi) is 8.88. The number of ether oxygens (including phenoxy) is 3. The molecule has 2 aromatic carbocycles. The lowest BCUT2D eigenvalue weighted by Crippen LogP contribution is -2.36. The molecular formula is C26H28ClFN4O5. The second-order valence-electron chi connectivity index (χ2n) is 8.51. The molecule has 2 aliphatic heterocycles. The van der Waals surface area contributed by atoms with Crippen molar-refractivity contribution in [3.8, 4) is 0 Å². The summed E-state index contributed by atoms with van der Waals surface area (Å²) in [6, 6.07) is 11.6. The number of methoxy groups -OCH3 is 1. The summed E-state index contributed by atoms with van der Waals surface area (Å²) in [5, 5.41) is 8.44. The van der Waals surface area contributed by atoms with E-state index in [-0.39, 0.29) is 28.8 Å². The highest BCUT2D eigenvalue weighted by atomic mass is 35.5. The monoisotopic (exact) mass is 530 g/mol. The van der Waals surface area contributed by atoms with Crippen LogP contribution in [0, 0.1) is 5.82 Å². The van der Waals surface area contributed by atoms with E-state index in [0.29, 0.717) is 25.5 Å². The fourth-order valence-electron chi connectivity index (χ4n) is 4.11. The molecule has 2 heterocycles. The molecule has 0 saturated carbocycles. The van der Waals surface area contributed by atoms with Gasteiger partial charge < -0.3 is 19.5 Å². The number of carbonyl (C=O) groups excluding carboxylic acids is 2. The number of benzene rings is 2. The molecular weight excluding hydrogens is 503 g/mol. The third-order valence-electron chi connectivity index (χ3n) is 5.89. The van der Waals surface area contributed by atoms with Crippen molar-refractivity contribution in [2.45, 2.75) is 20.0 Å². The zero-order valence-electron chi connectivity index (χ0n) is 20.6. The van der Waals surface area contributed by atoms with E-state index in [1.807, 2.05) is 18.2 Å². The SMILES string of the molecule is COC/C(NCc1ccccc1CN1CCOCC1)=C1\C(=O)N(c2ccc(F)cc2Cl)N=C1OC(C)=O. The maximum absolute atomic E-state index is 13.6. The molecule has 1 N–H and O–H groups in total. The van der Waals surface area contributed by atoms with Crippen LogP contribution in [0.2, 0.25) is 5.02 Å². The molecule has 2 aliphatic rings. The minimum Gasteiger partial charge on any atom is -0.405 e. The Morgan fingerprint density at radius 2 is 1.92 bits per heavy atom. The molecule has 0 aliphatic carbocycles. The molecule has 0 atom stereocenters. The number of hydrogen-bond acceptors (Lipinski definition) is 8. The average Bonchev–Trinajstić information content (AvgIpc) is 3.17. The fraction of sp³-hybridized carbons (Fsp3) is 0.346. The number of anilines is 1. The number of nitrogens with zero attached hydrogens (tertiary/aromatic N) is 3. The van der Waals surface area contributed by atoms with Gasteiger partial charge in [-0.1, -0.05) is 35.9 Å². The van der Waals surface area contributed by atoms with Gasteiger partial charge in [-0.05, 0) is 29.3 Å². The van der Waals surface area contributed by atoms with Crippen LogP contribution in [0.1, 0.15) is 18.1 Å². The van der Waals surface area contributed by atoms with Gasteiger partial charge >= 0.3 is 5.97 Å². The second kappa shape index (κ2) is 12.3. The van der Waals surface area contributed by atoms with Crippen molar-refractivity contribution in [2.24, 2.45) is 5.10 Å². The predicted octanol–water partition coefficient (Wildman–Crippen LogP) is 3.22. The third kappa shape index (κ3) is 6.53. The summed E-state index contributed by atoms with van der Waals surface area (Å²) < 4.78 is 29.7. The number of hydrazone groups is 1. The van der Waals surface area contributed by atoms with Crippen molar-refractivity contribution in [1.82, 2.24) is 10.2 Å². The lowest BCUT2D eigenvalue weighted by molar-refractivity contribution is -0.132. The molecule has 11 heteroatoms. The van der Waals surface area contributed by atoms with Gasteiger partial charge in [0.05, 0.1) is 36.2 Å². The standard InChI is InChI=1S/C26H28ClFN4O5/c1-17(33)37-25-24(26(34)32(30-25)23-8-7-20(28)13-21(23)27)22(16-35-2)29-14-18-5-3-4-6-19(18)15-31-9-11-36-12-10-31/h3-8,13,29H,9-12,14-16H2,1-2H3/b24-22+.